The summed E-state index contributed by atoms with van der Waals surface area (Å²) in [7, 11) is 0. The zero-order chi connectivity index (χ0) is 57.4. The first-order valence-electron chi connectivity index (χ1n) is 21.7. The summed E-state index contributed by atoms with van der Waals surface area (Å²) in [5, 5.41) is 0. The molecule has 0 saturated carbocycles. The first-order valence-corrected chi connectivity index (χ1v) is 23.9. The second-order valence-corrected chi connectivity index (χ2v) is 20.2. The van der Waals surface area contributed by atoms with Crippen molar-refractivity contribution in [2.24, 2.45) is 0 Å². The van der Waals surface area contributed by atoms with Crippen molar-refractivity contribution in [3.05, 3.63) is 184 Å². The van der Waals surface area contributed by atoms with E-state index in [0.717, 1.165) is 0 Å². The fraction of sp³-hybridized carbons (Fsp3) is 0.280. The van der Waals surface area contributed by atoms with Gasteiger partial charge >= 0.3 is 70.6 Å². The van der Waals surface area contributed by atoms with Crippen molar-refractivity contribution in [1.29, 1.82) is 0 Å². The fourth-order valence-corrected chi connectivity index (χ4v) is 10.2. The van der Waals surface area contributed by atoms with E-state index in [2.05, 4.69) is 62.4 Å². The van der Waals surface area contributed by atoms with Crippen LogP contribution in [0.5, 0.6) is 0 Å². The Morgan fingerprint density at radius 3 is 0.750 bits per heavy atom. The van der Waals surface area contributed by atoms with Crippen LogP contribution in [0.3, 0.4) is 0 Å². The summed E-state index contributed by atoms with van der Waals surface area (Å²) in [4.78, 5) is 0. The van der Waals surface area contributed by atoms with E-state index in [-0.39, 0.29) is 21.2 Å². The predicted octanol–water partition coefficient (Wildman–Crippen LogP) is 13.1. The zero-order valence-electron chi connectivity index (χ0n) is 38.4. The van der Waals surface area contributed by atoms with Crippen LogP contribution in [0.4, 0.5) is 105 Å². The van der Waals surface area contributed by atoms with E-state index in [9.17, 15) is 105 Å². The van der Waals surface area contributed by atoms with E-state index < -0.39 is 195 Å². The number of unbranched alkanes of at least 4 members (excludes halogenated alkanes) is 2. The topological polar surface area (TPSA) is 0 Å². The highest BCUT2D eigenvalue weighted by Crippen LogP contribution is 2.41. The van der Waals surface area contributed by atoms with E-state index in [4.69, 9.17) is 0 Å². The van der Waals surface area contributed by atoms with Gasteiger partial charge in [0.2, 0.25) is 0 Å². The molecular formula is C50H34BF24I. The van der Waals surface area contributed by atoms with E-state index in [1.807, 2.05) is 0 Å². The van der Waals surface area contributed by atoms with Crippen molar-refractivity contribution in [1.82, 2.24) is 0 Å². The minimum Gasteiger partial charge on any atom is -0.194 e. The number of rotatable bonds is 10. The quantitative estimate of drug-likeness (QED) is 0.0555. The Bertz CT molecular complexity index is 2510. The molecule has 0 heterocycles. The molecule has 6 aromatic rings. The molecule has 0 atom stereocenters. The number of hydrogen-bond donors (Lipinski definition) is 0. The Balaban J connectivity index is 0.000000468. The third-order valence-corrected chi connectivity index (χ3v) is 14.3. The van der Waals surface area contributed by atoms with Crippen molar-refractivity contribution in [3.8, 4) is 0 Å². The van der Waals surface area contributed by atoms with Crippen LogP contribution in [0.1, 0.15) is 81.8 Å². The number of hydrogen-bond acceptors (Lipinski definition) is 0. The molecular weight excluding hydrogens is 1190 g/mol. The van der Waals surface area contributed by atoms with E-state index in [0.29, 0.717) is 0 Å². The van der Waals surface area contributed by atoms with Crippen LogP contribution in [-0.4, -0.2) is 6.15 Å². The number of aryl methyl sites for hydroxylation is 2. The summed E-state index contributed by atoms with van der Waals surface area (Å²) < 4.78 is 344. The summed E-state index contributed by atoms with van der Waals surface area (Å²) >= 11 is -0.0137. The van der Waals surface area contributed by atoms with Gasteiger partial charge in [-0.3, -0.25) is 0 Å². The molecule has 412 valence electrons. The number of benzene rings is 6. The highest BCUT2D eigenvalue weighted by atomic mass is 127. The maximum atomic E-state index is 14.2. The Morgan fingerprint density at radius 2 is 0.539 bits per heavy atom. The monoisotopic (exact) mass is 1230 g/mol. The molecule has 76 heavy (non-hydrogen) atoms. The molecule has 0 aliphatic heterocycles. The molecule has 6 rings (SSSR count). The largest absolute Gasteiger partial charge is 0.416 e. The van der Waals surface area contributed by atoms with Gasteiger partial charge in [0, 0.05) is 0 Å². The lowest BCUT2D eigenvalue weighted by atomic mass is 9.12. The first kappa shape index (κ1) is 61.3. The summed E-state index contributed by atoms with van der Waals surface area (Å²) in [5.41, 5.74) is -27.4. The van der Waals surface area contributed by atoms with Crippen LogP contribution in [0.15, 0.2) is 121 Å². The van der Waals surface area contributed by atoms with Gasteiger partial charge in [0.25, 0.3) is 0 Å². The Hall–Kier alpha value is -5.57. The normalized spacial score (nSPS) is 13.4. The smallest absolute Gasteiger partial charge is 0.194 e. The molecule has 6 aromatic carbocycles. The predicted molar refractivity (Wildman–Crippen MR) is 228 cm³/mol. The lowest BCUT2D eigenvalue weighted by Gasteiger charge is -2.46. The Kier molecular flexibility index (Phi) is 17.8. The zero-order valence-corrected chi connectivity index (χ0v) is 40.6. The molecule has 0 unspecified atom stereocenters. The van der Waals surface area contributed by atoms with E-state index in [1.54, 1.807) is 0 Å². The molecule has 0 saturated heterocycles. The van der Waals surface area contributed by atoms with Crippen molar-refractivity contribution < 1.29 is 127 Å². The van der Waals surface area contributed by atoms with Gasteiger partial charge in [0.05, 0.1) is 44.5 Å². The summed E-state index contributed by atoms with van der Waals surface area (Å²) in [6, 6.07) is 9.47. The minimum atomic E-state index is -6.13. The van der Waals surface area contributed by atoms with Gasteiger partial charge in [-0.2, -0.15) is 127 Å². The van der Waals surface area contributed by atoms with Gasteiger partial charge in [0.1, 0.15) is 6.15 Å². The van der Waals surface area contributed by atoms with E-state index in [1.165, 1.54) is 44.0 Å². The SMILES string of the molecule is CCCCCc1ccc([I+]c2ccc(C)cc2)cc1.FC(F)(F)c1cc([B-](c2cc(C(F)(F)F)cc(C(F)(F)F)c2)(c2cc(C(F)(F)F)cc(C(F)(F)F)c2)c2cc(C(F)(F)F)cc(C(F)(F)F)c2)cc(C(F)(F)F)c1. The third-order valence-electron chi connectivity index (χ3n) is 11.7. The van der Waals surface area contributed by atoms with Gasteiger partial charge in [-0.15, -0.1) is 0 Å². The van der Waals surface area contributed by atoms with E-state index >= 15 is 0 Å². The van der Waals surface area contributed by atoms with Gasteiger partial charge in [-0.05, 0) is 73.9 Å². The van der Waals surface area contributed by atoms with Crippen molar-refractivity contribution >= 4 is 28.0 Å². The van der Waals surface area contributed by atoms with Gasteiger partial charge in [-0.1, -0.05) is 98.1 Å². The summed E-state index contributed by atoms with van der Waals surface area (Å²) in [5.74, 6) is 0. The second-order valence-electron chi connectivity index (χ2n) is 17.2. The molecule has 0 amide bonds. The van der Waals surface area contributed by atoms with Crippen molar-refractivity contribution in [2.75, 3.05) is 0 Å². The molecule has 0 spiro atoms. The Labute approximate surface area is 426 Å². The minimum absolute atomic E-state index is 0.0137. The molecule has 0 aliphatic carbocycles. The molecule has 0 aliphatic rings. The maximum Gasteiger partial charge on any atom is 0.416 e. The van der Waals surface area contributed by atoms with Crippen LogP contribution in [0.2, 0.25) is 0 Å². The average molecular weight is 1230 g/mol. The summed E-state index contributed by atoms with van der Waals surface area (Å²) in [6.45, 7) is 4.41. The van der Waals surface area contributed by atoms with Gasteiger partial charge in [-0.25, -0.2) is 0 Å². The number of alkyl halides is 24. The van der Waals surface area contributed by atoms with Crippen LogP contribution in [0.25, 0.3) is 0 Å². The number of halogens is 25. The summed E-state index contributed by atoms with van der Waals surface area (Å²) in [6.07, 6.45) is -49.6. The second kappa shape index (κ2) is 22.1. The molecule has 26 heteroatoms. The standard InChI is InChI=1S/C32H12BF24.C18H22I/c34-25(35,36)13-1-14(26(37,38)39)6-21(5-13)33(22-7-15(27(40,41)42)2-16(8-22)28(43,44)45,23-9-17(29(46,47)48)3-18(10-23)30(49,50)51)24-11-19(31(52,53)54)4-20(12-24)32(55,56)57;1-3-4-5-6-16-9-13-18(14-10-16)19-17-11-7-15(2)8-12-17/h1-12H;7-14H,3-6H2,1-2H3/q-1;+1. The fourth-order valence-electron chi connectivity index (χ4n) is 8.09. The van der Waals surface area contributed by atoms with Crippen LogP contribution >= 0.6 is 0 Å². The van der Waals surface area contributed by atoms with Crippen LogP contribution in [0, 0.1) is 14.1 Å². The van der Waals surface area contributed by atoms with Crippen LogP contribution in [-0.2, 0) is 55.8 Å². The lowest BCUT2D eigenvalue weighted by Crippen LogP contribution is -3.61. The third kappa shape index (κ3) is 15.1. The Morgan fingerprint density at radius 1 is 0.316 bits per heavy atom. The van der Waals surface area contributed by atoms with Crippen LogP contribution < -0.4 is 43.1 Å². The molecule has 0 aromatic heterocycles. The van der Waals surface area contributed by atoms with Gasteiger partial charge in [0.15, 0.2) is 7.14 Å². The maximum absolute atomic E-state index is 14.2. The highest BCUT2D eigenvalue weighted by Gasteiger charge is 2.47. The molecule has 0 bridgehead atoms. The van der Waals surface area contributed by atoms with Crippen molar-refractivity contribution in [3.63, 3.8) is 0 Å². The van der Waals surface area contributed by atoms with Crippen molar-refractivity contribution in [2.45, 2.75) is 88.9 Å². The van der Waals surface area contributed by atoms with Gasteiger partial charge < -0.3 is 0 Å². The first-order chi connectivity index (χ1) is 34.5. The lowest BCUT2D eigenvalue weighted by molar-refractivity contribution is -0.597. The molecule has 0 fully saturated rings. The molecule has 0 N–H and O–H groups in total. The average Bonchev–Trinajstić information content (AvgIpc) is 3.28. The highest BCUT2D eigenvalue weighted by molar-refractivity contribution is 7.20. The molecule has 0 nitrogen and oxygen atoms in total. The molecule has 0 radical (unpaired) electrons.